The fourth-order valence-electron chi connectivity index (χ4n) is 1.42. The maximum Gasteiger partial charge on any atom is 0.516 e. The van der Waals surface area contributed by atoms with Crippen molar-refractivity contribution in [3.8, 4) is 0 Å². The van der Waals surface area contributed by atoms with Crippen molar-refractivity contribution in [2.45, 2.75) is 38.9 Å². The third kappa shape index (κ3) is 2.12. The Kier molecular flexibility index (Phi) is 1.68. The lowest BCUT2D eigenvalue weighted by Crippen LogP contribution is -2.41. The summed E-state index contributed by atoms with van der Waals surface area (Å²) in [5, 5.41) is 0. The van der Waals surface area contributed by atoms with Crippen LogP contribution in [0.1, 0.15) is 40.2 Å². The van der Waals surface area contributed by atoms with Crippen LogP contribution in [0.25, 0.3) is 6.05 Å². The highest BCUT2D eigenvalue weighted by molar-refractivity contribution is 6.61. The van der Waals surface area contributed by atoms with Crippen molar-refractivity contribution in [1.29, 1.82) is 0 Å². The van der Waals surface area contributed by atoms with E-state index in [0.29, 0.717) is 0 Å². The second kappa shape index (κ2) is 3.93. The predicted molar refractivity (Wildman–Crippen MR) is 67.8 cm³/mol. The maximum absolute atomic E-state index is 7.86. The van der Waals surface area contributed by atoms with Gasteiger partial charge in [-0.2, -0.15) is 0 Å². The van der Waals surface area contributed by atoms with E-state index in [9.17, 15) is 0 Å². The Morgan fingerprint density at radius 3 is 2.65 bits per heavy atom. The van der Waals surface area contributed by atoms with E-state index in [1.165, 1.54) is 0 Å². The third-order valence-electron chi connectivity index (χ3n) is 3.16. The Morgan fingerprint density at radius 1 is 1.41 bits per heavy atom. The molecule has 2 heterocycles. The van der Waals surface area contributed by atoms with Crippen LogP contribution in [-0.2, 0) is 9.31 Å². The number of aromatic nitrogens is 2. The first-order valence-corrected chi connectivity index (χ1v) is 5.31. The van der Waals surface area contributed by atoms with Crippen LogP contribution >= 0.6 is 0 Å². The molecule has 1 aromatic heterocycles. The van der Waals surface area contributed by atoms with Gasteiger partial charge in [-0.05, 0) is 33.7 Å². The molecule has 17 heavy (non-hydrogen) atoms. The first kappa shape index (κ1) is 7.29. The van der Waals surface area contributed by atoms with Gasteiger partial charge < -0.3 is 9.31 Å². The van der Waals surface area contributed by atoms with Crippen molar-refractivity contribution in [2.75, 3.05) is 0 Å². The molecule has 0 saturated carbocycles. The second-order valence-corrected chi connectivity index (χ2v) is 4.89. The van der Waals surface area contributed by atoms with Gasteiger partial charge in [0.2, 0.25) is 0 Å². The van der Waals surface area contributed by atoms with E-state index in [1.54, 1.807) is 0 Å². The van der Waals surface area contributed by atoms with E-state index in [2.05, 4.69) is 9.97 Å². The van der Waals surface area contributed by atoms with Crippen LogP contribution in [0, 0.1) is 0 Å². The summed E-state index contributed by atoms with van der Waals surface area (Å²) < 4.78 is 49.1. The standard InChI is InChI=1S/C12H17BN2O2/c1-6-9-7-14-8-10(15-9)13-16-11(2,3)12(4,5)17-13/h6-8H,1H2,2-5H3/i1D2,6D,7D,8D. The molecule has 1 aliphatic heterocycles. The van der Waals surface area contributed by atoms with Crippen LogP contribution < -0.4 is 5.59 Å². The lowest BCUT2D eigenvalue weighted by atomic mass is 9.85. The molecule has 0 atom stereocenters. The van der Waals surface area contributed by atoms with Gasteiger partial charge in [-0.25, -0.2) is 0 Å². The average molecular weight is 237 g/mol. The normalized spacial score (nSPS) is 25.4. The van der Waals surface area contributed by atoms with Crippen molar-refractivity contribution in [3.05, 3.63) is 24.6 Å². The second-order valence-electron chi connectivity index (χ2n) is 4.89. The topological polar surface area (TPSA) is 44.2 Å². The minimum atomic E-state index is -0.947. The first-order valence-electron chi connectivity index (χ1n) is 7.81. The summed E-state index contributed by atoms with van der Waals surface area (Å²) >= 11 is 0. The Labute approximate surface area is 109 Å². The summed E-state index contributed by atoms with van der Waals surface area (Å²) in [5.41, 5.74) is -1.45. The molecule has 0 spiro atoms. The number of hydrogen-bond acceptors (Lipinski definition) is 4. The lowest BCUT2D eigenvalue weighted by Gasteiger charge is -2.32. The summed E-state index contributed by atoms with van der Waals surface area (Å²) in [7, 11) is -0.947. The van der Waals surface area contributed by atoms with E-state index in [0.717, 1.165) is 0 Å². The molecule has 90 valence electrons. The molecule has 1 fully saturated rings. The lowest BCUT2D eigenvalue weighted by molar-refractivity contribution is 0.00578. The molecule has 4 nitrogen and oxygen atoms in total. The predicted octanol–water partition coefficient (Wildman–Crippen LogP) is 1.42. The van der Waals surface area contributed by atoms with E-state index >= 15 is 0 Å². The van der Waals surface area contributed by atoms with E-state index < -0.39 is 37.1 Å². The highest BCUT2D eigenvalue weighted by atomic mass is 16.7. The van der Waals surface area contributed by atoms with Crippen molar-refractivity contribution in [3.63, 3.8) is 0 Å². The van der Waals surface area contributed by atoms with Gasteiger partial charge in [0.1, 0.15) is 0 Å². The van der Waals surface area contributed by atoms with Gasteiger partial charge in [-0.1, -0.05) is 6.53 Å². The third-order valence-corrected chi connectivity index (χ3v) is 3.16. The van der Waals surface area contributed by atoms with Crippen molar-refractivity contribution < 1.29 is 16.2 Å². The zero-order valence-electron chi connectivity index (χ0n) is 15.3. The molecule has 0 aromatic carbocycles. The number of rotatable bonds is 2. The van der Waals surface area contributed by atoms with Gasteiger partial charge in [0.05, 0.1) is 35.5 Å². The average Bonchev–Trinajstić information content (AvgIpc) is 2.57. The monoisotopic (exact) mass is 237 g/mol. The van der Waals surface area contributed by atoms with Gasteiger partial charge in [-0.15, -0.1) is 0 Å². The van der Waals surface area contributed by atoms with Gasteiger partial charge in [0.25, 0.3) is 0 Å². The quantitative estimate of drug-likeness (QED) is 0.729. The fourth-order valence-corrected chi connectivity index (χ4v) is 1.42. The highest BCUT2D eigenvalue weighted by Crippen LogP contribution is 2.36. The maximum atomic E-state index is 7.86. The highest BCUT2D eigenvalue weighted by Gasteiger charge is 2.52. The molecule has 2 rings (SSSR count). The molecule has 0 N–H and O–H groups in total. The molecule has 1 aromatic rings. The molecular weight excluding hydrogens is 215 g/mol. The Hall–Kier alpha value is -1.20. The van der Waals surface area contributed by atoms with Crippen molar-refractivity contribution in [2.24, 2.45) is 0 Å². The van der Waals surface area contributed by atoms with Gasteiger partial charge in [-0.3, -0.25) is 9.97 Å². The Balaban J connectivity index is 2.50. The van der Waals surface area contributed by atoms with Gasteiger partial charge in [0.15, 0.2) is 0 Å². The minimum Gasteiger partial charge on any atom is -0.398 e. The van der Waals surface area contributed by atoms with Crippen molar-refractivity contribution >= 4 is 18.8 Å². The molecule has 0 bridgehead atoms. The Morgan fingerprint density at radius 2 is 2.06 bits per heavy atom. The van der Waals surface area contributed by atoms with Crippen LogP contribution in [-0.4, -0.2) is 28.3 Å². The largest absolute Gasteiger partial charge is 0.516 e. The first-order chi connectivity index (χ1) is 9.96. The molecule has 1 saturated heterocycles. The van der Waals surface area contributed by atoms with Gasteiger partial charge in [0, 0.05) is 6.17 Å². The zero-order chi connectivity index (χ0) is 16.9. The van der Waals surface area contributed by atoms with Crippen LogP contribution in [0.4, 0.5) is 0 Å². The van der Waals surface area contributed by atoms with Gasteiger partial charge >= 0.3 is 7.12 Å². The van der Waals surface area contributed by atoms with Crippen molar-refractivity contribution in [1.82, 2.24) is 9.97 Å². The summed E-state index contributed by atoms with van der Waals surface area (Å²) in [5.74, 6) is 0. The van der Waals surface area contributed by atoms with Crippen LogP contribution in [0.15, 0.2) is 18.9 Å². The summed E-state index contributed by atoms with van der Waals surface area (Å²) in [6.07, 6.45) is -0.705. The zero-order valence-corrected chi connectivity index (χ0v) is 10.3. The van der Waals surface area contributed by atoms with E-state index in [1.807, 2.05) is 27.7 Å². The smallest absolute Gasteiger partial charge is 0.398 e. The molecule has 0 amide bonds. The van der Waals surface area contributed by atoms with E-state index in [4.69, 9.17) is 16.2 Å². The SMILES string of the molecule is [2H]C([2H])=C([2H])c1nc(B2OC(C)(C)C(C)(C)O2)c([2H])nc1[2H]. The molecule has 0 unspecified atom stereocenters. The summed E-state index contributed by atoms with van der Waals surface area (Å²) in [4.78, 5) is 7.74. The molecule has 5 heteroatoms. The number of nitrogens with zero attached hydrogens (tertiary/aromatic N) is 2. The molecular formula is C12H17BN2O2. The van der Waals surface area contributed by atoms with Crippen LogP contribution in [0.2, 0.25) is 0 Å². The Bertz CT molecular complexity index is 631. The van der Waals surface area contributed by atoms with E-state index in [-0.39, 0.29) is 17.5 Å². The molecule has 0 aliphatic carbocycles. The van der Waals surface area contributed by atoms with Crippen LogP contribution in [0.5, 0.6) is 0 Å². The molecule has 1 aliphatic rings. The molecule has 0 radical (unpaired) electrons. The minimum absolute atomic E-state index is 0.0376. The summed E-state index contributed by atoms with van der Waals surface area (Å²) in [6.45, 7) is 6.63. The fraction of sp³-hybridized carbons (Fsp3) is 0.500. The summed E-state index contributed by atoms with van der Waals surface area (Å²) in [6, 6.07) is -0.532. The number of hydrogen-bond donors (Lipinski definition) is 0. The van der Waals surface area contributed by atoms with Crippen LogP contribution in [0.3, 0.4) is 0 Å².